The molecule has 0 bridgehead atoms. The minimum absolute atomic E-state index is 0.0341. The van der Waals surface area contributed by atoms with Crippen molar-refractivity contribution in [3.8, 4) is 0 Å². The summed E-state index contributed by atoms with van der Waals surface area (Å²) >= 11 is 0. The molecule has 1 amide bonds. The Hall–Kier alpha value is -1.10. The van der Waals surface area contributed by atoms with E-state index in [0.717, 1.165) is 25.7 Å². The van der Waals surface area contributed by atoms with Crippen molar-refractivity contribution < 1.29 is 19.4 Å². The molecular weight excluding hydrogens is 210 g/mol. The third-order valence-corrected chi connectivity index (χ3v) is 3.48. The van der Waals surface area contributed by atoms with Gasteiger partial charge in [0.2, 0.25) is 5.91 Å². The Bertz CT molecular complexity index is 268. The van der Waals surface area contributed by atoms with E-state index >= 15 is 0 Å². The number of hydrogen-bond donors (Lipinski definition) is 2. The van der Waals surface area contributed by atoms with E-state index in [4.69, 9.17) is 9.84 Å². The fraction of sp³-hybridized carbons (Fsp3) is 0.818. The van der Waals surface area contributed by atoms with Crippen molar-refractivity contribution in [2.75, 3.05) is 13.7 Å². The Morgan fingerprint density at radius 3 is 2.44 bits per heavy atom. The van der Waals surface area contributed by atoms with Crippen LogP contribution in [-0.2, 0) is 14.3 Å². The second-order valence-electron chi connectivity index (χ2n) is 4.26. The van der Waals surface area contributed by atoms with E-state index in [1.807, 2.05) is 6.92 Å². The smallest absolute Gasteiger partial charge is 0.334 e. The average Bonchev–Trinajstić information content (AvgIpc) is 2.17. The summed E-state index contributed by atoms with van der Waals surface area (Å²) in [7, 11) is 1.32. The molecule has 2 N–H and O–H groups in total. The Balaban J connectivity index is 2.42. The van der Waals surface area contributed by atoms with Crippen LogP contribution in [0.3, 0.4) is 0 Å². The van der Waals surface area contributed by atoms with Gasteiger partial charge in [-0.3, -0.25) is 4.79 Å². The van der Waals surface area contributed by atoms with Crippen LogP contribution in [0.2, 0.25) is 0 Å². The normalized spacial score (nSPS) is 19.6. The van der Waals surface area contributed by atoms with Crippen molar-refractivity contribution in [2.24, 2.45) is 5.41 Å². The Morgan fingerprint density at radius 2 is 2.12 bits per heavy atom. The molecule has 1 unspecified atom stereocenters. The number of rotatable bonds is 6. The summed E-state index contributed by atoms with van der Waals surface area (Å²) in [4.78, 5) is 22.5. The molecule has 0 saturated heterocycles. The van der Waals surface area contributed by atoms with Crippen LogP contribution >= 0.6 is 0 Å². The Labute approximate surface area is 95.2 Å². The first kappa shape index (κ1) is 13.0. The van der Waals surface area contributed by atoms with Gasteiger partial charge in [0.1, 0.15) is 0 Å². The van der Waals surface area contributed by atoms with Gasteiger partial charge in [-0.1, -0.05) is 13.3 Å². The van der Waals surface area contributed by atoms with Crippen LogP contribution in [-0.4, -0.2) is 36.7 Å². The molecule has 1 fully saturated rings. The molecule has 0 radical (unpaired) electrons. The lowest BCUT2D eigenvalue weighted by atomic mass is 9.66. The molecule has 92 valence electrons. The highest BCUT2D eigenvalue weighted by Gasteiger charge is 2.42. The first-order valence-electron chi connectivity index (χ1n) is 5.59. The lowest BCUT2D eigenvalue weighted by Crippen LogP contribution is -2.48. The van der Waals surface area contributed by atoms with Crippen LogP contribution in [0, 0.1) is 5.41 Å². The van der Waals surface area contributed by atoms with E-state index in [9.17, 15) is 9.59 Å². The Morgan fingerprint density at radius 1 is 1.50 bits per heavy atom. The molecule has 0 aromatic heterocycles. The topological polar surface area (TPSA) is 75.6 Å². The predicted molar refractivity (Wildman–Crippen MR) is 58.0 cm³/mol. The zero-order valence-electron chi connectivity index (χ0n) is 9.78. The highest BCUT2D eigenvalue weighted by atomic mass is 16.5. The number of carbonyl (C=O) groups is 2. The van der Waals surface area contributed by atoms with Gasteiger partial charge in [0, 0.05) is 12.5 Å². The number of ether oxygens (including phenoxy) is 1. The standard InChI is InChI=1S/C11H19NO4/c1-3-11(5-4-6-11)10(15)12-7-8(16-2)9(13)14/h8H,3-7H2,1-2H3,(H,12,15)(H,13,14). The number of hydrogen-bond acceptors (Lipinski definition) is 3. The van der Waals surface area contributed by atoms with E-state index in [-0.39, 0.29) is 17.9 Å². The minimum Gasteiger partial charge on any atom is -0.479 e. The summed E-state index contributed by atoms with van der Waals surface area (Å²) in [6.07, 6.45) is 2.73. The van der Waals surface area contributed by atoms with Gasteiger partial charge in [0.25, 0.3) is 0 Å². The zero-order chi connectivity index (χ0) is 12.2. The first-order chi connectivity index (χ1) is 7.55. The van der Waals surface area contributed by atoms with Crippen molar-refractivity contribution in [2.45, 2.75) is 38.7 Å². The van der Waals surface area contributed by atoms with Crippen LogP contribution in [0.1, 0.15) is 32.6 Å². The molecule has 0 aromatic carbocycles. The fourth-order valence-electron chi connectivity index (χ4n) is 1.99. The van der Waals surface area contributed by atoms with Gasteiger partial charge < -0.3 is 15.2 Å². The van der Waals surface area contributed by atoms with E-state index in [0.29, 0.717) is 0 Å². The predicted octanol–water partition coefficient (Wildman–Crippen LogP) is 0.782. The molecule has 16 heavy (non-hydrogen) atoms. The van der Waals surface area contributed by atoms with Gasteiger partial charge in [-0.2, -0.15) is 0 Å². The molecule has 0 spiro atoms. The van der Waals surface area contributed by atoms with Crippen molar-refractivity contribution in [1.29, 1.82) is 0 Å². The number of nitrogens with one attached hydrogen (secondary N) is 1. The monoisotopic (exact) mass is 229 g/mol. The molecule has 5 heteroatoms. The average molecular weight is 229 g/mol. The molecule has 1 atom stereocenters. The quantitative estimate of drug-likeness (QED) is 0.705. The molecular formula is C11H19NO4. The van der Waals surface area contributed by atoms with Crippen LogP contribution in [0.25, 0.3) is 0 Å². The summed E-state index contributed by atoms with van der Waals surface area (Å²) in [5.74, 6) is -1.09. The van der Waals surface area contributed by atoms with Crippen LogP contribution in [0.15, 0.2) is 0 Å². The van der Waals surface area contributed by atoms with Gasteiger partial charge >= 0.3 is 5.97 Å². The van der Waals surface area contributed by atoms with Crippen molar-refractivity contribution >= 4 is 11.9 Å². The minimum atomic E-state index is -1.05. The molecule has 1 aliphatic rings. The van der Waals surface area contributed by atoms with Gasteiger partial charge in [-0.05, 0) is 19.3 Å². The maximum Gasteiger partial charge on any atom is 0.334 e. The molecule has 5 nitrogen and oxygen atoms in total. The number of carbonyl (C=O) groups excluding carboxylic acids is 1. The summed E-state index contributed by atoms with van der Waals surface area (Å²) < 4.78 is 4.75. The summed E-state index contributed by atoms with van der Waals surface area (Å²) in [5.41, 5.74) is -0.253. The third-order valence-electron chi connectivity index (χ3n) is 3.48. The lowest BCUT2D eigenvalue weighted by molar-refractivity contribution is -0.149. The van der Waals surface area contributed by atoms with Crippen molar-refractivity contribution in [3.63, 3.8) is 0 Å². The highest BCUT2D eigenvalue weighted by molar-refractivity contribution is 5.84. The van der Waals surface area contributed by atoms with Gasteiger partial charge in [-0.15, -0.1) is 0 Å². The maximum atomic E-state index is 11.9. The maximum absolute atomic E-state index is 11.9. The number of carboxylic acid groups (broad SMARTS) is 1. The number of carboxylic acids is 1. The van der Waals surface area contributed by atoms with E-state index in [2.05, 4.69) is 5.32 Å². The molecule has 1 aliphatic carbocycles. The van der Waals surface area contributed by atoms with Gasteiger partial charge in [-0.25, -0.2) is 4.79 Å². The molecule has 0 aromatic rings. The fourth-order valence-corrected chi connectivity index (χ4v) is 1.99. The SMILES string of the molecule is CCC1(C(=O)NCC(OC)C(=O)O)CCC1. The third kappa shape index (κ3) is 2.52. The van der Waals surface area contributed by atoms with Gasteiger partial charge in [0.05, 0.1) is 6.54 Å². The number of aliphatic carboxylic acids is 1. The van der Waals surface area contributed by atoms with E-state index in [1.54, 1.807) is 0 Å². The van der Waals surface area contributed by atoms with Crippen LogP contribution in [0.5, 0.6) is 0 Å². The van der Waals surface area contributed by atoms with E-state index in [1.165, 1.54) is 7.11 Å². The number of methoxy groups -OCH3 is 1. The molecule has 1 rings (SSSR count). The van der Waals surface area contributed by atoms with Crippen LogP contribution in [0.4, 0.5) is 0 Å². The van der Waals surface area contributed by atoms with Crippen molar-refractivity contribution in [3.05, 3.63) is 0 Å². The van der Waals surface area contributed by atoms with Gasteiger partial charge in [0.15, 0.2) is 6.10 Å². The first-order valence-corrected chi connectivity index (χ1v) is 5.59. The van der Waals surface area contributed by atoms with Crippen molar-refractivity contribution in [1.82, 2.24) is 5.32 Å². The Kier molecular flexibility index (Phi) is 4.29. The second-order valence-corrected chi connectivity index (χ2v) is 4.26. The molecule has 1 saturated carbocycles. The number of amides is 1. The summed E-state index contributed by atoms with van der Waals surface area (Å²) in [5, 5.41) is 11.4. The molecule has 0 aliphatic heterocycles. The molecule has 0 heterocycles. The zero-order valence-corrected chi connectivity index (χ0v) is 9.78. The highest BCUT2D eigenvalue weighted by Crippen LogP contribution is 2.43. The lowest BCUT2D eigenvalue weighted by Gasteiger charge is -2.39. The largest absolute Gasteiger partial charge is 0.479 e. The van der Waals surface area contributed by atoms with Crippen LogP contribution < -0.4 is 5.32 Å². The second kappa shape index (κ2) is 5.30. The summed E-state index contributed by atoms with van der Waals surface area (Å²) in [6.45, 7) is 2.02. The van der Waals surface area contributed by atoms with E-state index < -0.39 is 12.1 Å². The summed E-state index contributed by atoms with van der Waals surface area (Å²) in [6, 6.07) is 0.